The Morgan fingerprint density at radius 3 is 2.85 bits per heavy atom. The molecule has 1 saturated heterocycles. The summed E-state index contributed by atoms with van der Waals surface area (Å²) in [7, 11) is 0. The number of aromatic nitrogens is 1. The zero-order valence-electron chi connectivity index (χ0n) is 15.4. The number of benzene rings is 1. The molecule has 0 saturated carbocycles. The molecule has 2 amide bonds. The van der Waals surface area contributed by atoms with Crippen molar-refractivity contribution in [1.29, 1.82) is 0 Å². The molecule has 1 fully saturated rings. The van der Waals surface area contributed by atoms with Crippen LogP contribution in [0.3, 0.4) is 0 Å². The third-order valence-electron chi connectivity index (χ3n) is 5.16. The van der Waals surface area contributed by atoms with E-state index in [0.717, 1.165) is 43.5 Å². The lowest BCUT2D eigenvalue weighted by atomic mass is 10.0. The lowest BCUT2D eigenvalue weighted by Gasteiger charge is -2.28. The zero-order valence-corrected chi connectivity index (χ0v) is 15.4. The number of aryl methyl sites for hydroxylation is 1. The van der Waals surface area contributed by atoms with Gasteiger partial charge < -0.3 is 19.4 Å². The molecule has 0 radical (unpaired) electrons. The number of nitrogens with one attached hydrogen (secondary N) is 1. The van der Waals surface area contributed by atoms with Crippen LogP contribution >= 0.6 is 0 Å². The van der Waals surface area contributed by atoms with E-state index in [-0.39, 0.29) is 23.4 Å². The highest BCUT2D eigenvalue weighted by atomic mass is 16.5. The molecule has 4 rings (SSSR count). The Bertz CT molecular complexity index is 855. The number of ether oxygens (including phenoxy) is 1. The minimum absolute atomic E-state index is 0.0379. The van der Waals surface area contributed by atoms with Gasteiger partial charge in [-0.2, -0.15) is 0 Å². The quantitative estimate of drug-likeness (QED) is 0.898. The monoisotopic (exact) mass is 369 g/mol. The summed E-state index contributed by atoms with van der Waals surface area (Å²) in [6, 6.07) is 5.64. The van der Waals surface area contributed by atoms with Crippen LogP contribution in [0.25, 0.3) is 0 Å². The van der Waals surface area contributed by atoms with Crippen molar-refractivity contribution in [3.63, 3.8) is 0 Å². The van der Waals surface area contributed by atoms with Crippen molar-refractivity contribution >= 4 is 23.2 Å². The molecule has 1 N–H and O–H groups in total. The van der Waals surface area contributed by atoms with Gasteiger partial charge in [-0.05, 0) is 49.4 Å². The maximum atomic E-state index is 12.5. The first-order valence-corrected chi connectivity index (χ1v) is 9.37. The average molecular weight is 369 g/mol. The average Bonchev–Trinajstić information content (AvgIpc) is 3.18. The van der Waals surface area contributed by atoms with Crippen molar-refractivity contribution in [1.82, 2.24) is 4.98 Å². The highest BCUT2D eigenvalue weighted by molar-refractivity contribution is 6.03. The Morgan fingerprint density at radius 1 is 1.26 bits per heavy atom. The number of amides is 2. The fraction of sp³-hybridized carbons (Fsp3) is 0.450. The molecule has 0 atom stereocenters. The summed E-state index contributed by atoms with van der Waals surface area (Å²) in [4.78, 5) is 30.4. The molecule has 2 aliphatic rings. The summed E-state index contributed by atoms with van der Waals surface area (Å²) >= 11 is 0. The normalized spacial score (nSPS) is 17.4. The second-order valence-electron chi connectivity index (χ2n) is 7.03. The zero-order chi connectivity index (χ0) is 18.8. The van der Waals surface area contributed by atoms with Crippen molar-refractivity contribution in [2.45, 2.75) is 38.5 Å². The SMILES string of the molecule is CC(=O)N1CCCc2cc(NC(=O)c3coc(C4CCOCC4)n3)ccc21. The van der Waals surface area contributed by atoms with Crippen LogP contribution in [0, 0.1) is 0 Å². The Labute approximate surface area is 157 Å². The van der Waals surface area contributed by atoms with Crippen LogP contribution in [0.2, 0.25) is 0 Å². The number of hydrogen-bond acceptors (Lipinski definition) is 5. The number of carbonyl (C=O) groups is 2. The summed E-state index contributed by atoms with van der Waals surface area (Å²) < 4.78 is 10.9. The lowest BCUT2D eigenvalue weighted by molar-refractivity contribution is -0.116. The smallest absolute Gasteiger partial charge is 0.277 e. The standard InChI is InChI=1S/C20H23N3O4/c1-13(24)23-8-2-3-15-11-16(4-5-18(15)23)21-19(25)17-12-27-20(22-17)14-6-9-26-10-7-14/h4-5,11-12,14H,2-3,6-10H2,1H3,(H,21,25). The number of hydrogen-bond donors (Lipinski definition) is 1. The van der Waals surface area contributed by atoms with Gasteiger partial charge in [-0.1, -0.05) is 0 Å². The van der Waals surface area contributed by atoms with E-state index in [4.69, 9.17) is 9.15 Å². The molecule has 0 aliphatic carbocycles. The topological polar surface area (TPSA) is 84.7 Å². The molecule has 142 valence electrons. The Balaban J connectivity index is 1.47. The van der Waals surface area contributed by atoms with Crippen molar-refractivity contribution in [3.8, 4) is 0 Å². The second-order valence-corrected chi connectivity index (χ2v) is 7.03. The fourth-order valence-electron chi connectivity index (χ4n) is 3.72. The summed E-state index contributed by atoms with van der Waals surface area (Å²) in [6.45, 7) is 3.70. The summed E-state index contributed by atoms with van der Waals surface area (Å²) in [5, 5.41) is 2.88. The van der Waals surface area contributed by atoms with Gasteiger partial charge in [-0.3, -0.25) is 9.59 Å². The van der Waals surface area contributed by atoms with Crippen LogP contribution < -0.4 is 10.2 Å². The van der Waals surface area contributed by atoms with Crippen molar-refractivity contribution in [2.75, 3.05) is 30.0 Å². The number of fused-ring (bicyclic) bond motifs is 1. The number of oxazole rings is 1. The second kappa shape index (κ2) is 7.52. The molecule has 1 aromatic heterocycles. The van der Waals surface area contributed by atoms with Crippen molar-refractivity contribution < 1.29 is 18.7 Å². The van der Waals surface area contributed by atoms with Crippen LogP contribution in [0.1, 0.15) is 54.0 Å². The molecule has 2 aliphatic heterocycles. The Hall–Kier alpha value is -2.67. The number of rotatable bonds is 3. The third kappa shape index (κ3) is 3.73. The first-order chi connectivity index (χ1) is 13.1. The molecule has 3 heterocycles. The van der Waals surface area contributed by atoms with Gasteiger partial charge in [0.05, 0.1) is 0 Å². The Morgan fingerprint density at radius 2 is 2.07 bits per heavy atom. The van der Waals surface area contributed by atoms with Gasteiger partial charge in [0, 0.05) is 44.0 Å². The van der Waals surface area contributed by atoms with Gasteiger partial charge in [-0.15, -0.1) is 0 Å². The molecule has 1 aromatic carbocycles. The largest absolute Gasteiger partial charge is 0.448 e. The minimum atomic E-state index is -0.295. The first-order valence-electron chi connectivity index (χ1n) is 9.37. The van der Waals surface area contributed by atoms with E-state index in [1.165, 1.54) is 6.26 Å². The maximum Gasteiger partial charge on any atom is 0.277 e. The highest BCUT2D eigenvalue weighted by Gasteiger charge is 2.23. The molecule has 7 heteroatoms. The van der Waals surface area contributed by atoms with Gasteiger partial charge >= 0.3 is 0 Å². The number of nitrogens with zero attached hydrogens (tertiary/aromatic N) is 2. The van der Waals surface area contributed by atoms with Crippen molar-refractivity contribution in [3.05, 3.63) is 41.6 Å². The van der Waals surface area contributed by atoms with E-state index in [1.807, 2.05) is 18.2 Å². The van der Waals surface area contributed by atoms with E-state index in [9.17, 15) is 9.59 Å². The van der Waals surface area contributed by atoms with E-state index in [2.05, 4.69) is 10.3 Å². The van der Waals surface area contributed by atoms with Crippen LogP contribution in [0.5, 0.6) is 0 Å². The van der Waals surface area contributed by atoms with Crippen LogP contribution in [0.4, 0.5) is 11.4 Å². The number of carbonyl (C=O) groups excluding carboxylic acids is 2. The predicted molar refractivity (Wildman–Crippen MR) is 100 cm³/mol. The van der Waals surface area contributed by atoms with Gasteiger partial charge in [0.2, 0.25) is 5.91 Å². The van der Waals surface area contributed by atoms with Gasteiger partial charge in [0.15, 0.2) is 11.6 Å². The van der Waals surface area contributed by atoms with Gasteiger partial charge in [0.1, 0.15) is 6.26 Å². The third-order valence-corrected chi connectivity index (χ3v) is 5.16. The molecule has 2 aromatic rings. The highest BCUT2D eigenvalue weighted by Crippen LogP contribution is 2.30. The summed E-state index contributed by atoms with van der Waals surface area (Å²) in [6.07, 6.45) is 4.94. The van der Waals surface area contributed by atoms with Crippen LogP contribution in [0.15, 0.2) is 28.9 Å². The van der Waals surface area contributed by atoms with Crippen LogP contribution in [-0.2, 0) is 16.0 Å². The number of anilines is 2. The first kappa shape index (κ1) is 17.7. The van der Waals surface area contributed by atoms with E-state index >= 15 is 0 Å². The molecule has 7 nitrogen and oxygen atoms in total. The summed E-state index contributed by atoms with van der Waals surface area (Å²) in [5.41, 5.74) is 2.96. The van der Waals surface area contributed by atoms with E-state index in [1.54, 1.807) is 11.8 Å². The molecule has 0 bridgehead atoms. The minimum Gasteiger partial charge on any atom is -0.448 e. The van der Waals surface area contributed by atoms with Crippen molar-refractivity contribution in [2.24, 2.45) is 0 Å². The van der Waals surface area contributed by atoms with Gasteiger partial charge in [-0.25, -0.2) is 4.98 Å². The maximum absolute atomic E-state index is 12.5. The predicted octanol–water partition coefficient (Wildman–Crippen LogP) is 3.12. The molecule has 0 spiro atoms. The lowest BCUT2D eigenvalue weighted by Crippen LogP contribution is -2.33. The molecule has 27 heavy (non-hydrogen) atoms. The molecular formula is C20H23N3O4. The molecule has 0 unspecified atom stereocenters. The molecular weight excluding hydrogens is 346 g/mol. The van der Waals surface area contributed by atoms with Crippen LogP contribution in [-0.4, -0.2) is 36.6 Å². The van der Waals surface area contributed by atoms with E-state index < -0.39 is 0 Å². The van der Waals surface area contributed by atoms with E-state index in [0.29, 0.717) is 24.8 Å². The summed E-state index contributed by atoms with van der Waals surface area (Å²) in [5.74, 6) is 0.555. The Kier molecular flexibility index (Phi) is 4.94. The fourth-order valence-corrected chi connectivity index (χ4v) is 3.72. The van der Waals surface area contributed by atoms with Gasteiger partial charge in [0.25, 0.3) is 5.91 Å².